The first-order chi connectivity index (χ1) is 9.61. The molecule has 0 saturated carbocycles. The van der Waals surface area contributed by atoms with Crippen LogP contribution in [0.2, 0.25) is 10.0 Å². The van der Waals surface area contributed by atoms with Crippen LogP contribution in [0.15, 0.2) is 30.5 Å². The number of hydrogen-bond donors (Lipinski definition) is 1. The average Bonchev–Trinajstić information content (AvgIpc) is 2.44. The standard InChI is InChI=1S/C14H13Cl2FN2O/c1-2-18-7-9-6-11(16)14(19-8-9)20-12-5-3-4-10(15)13(12)17/h3-6,8,18H,2,7H2,1H3. The Morgan fingerprint density at radius 1 is 1.30 bits per heavy atom. The van der Waals surface area contributed by atoms with Crippen LogP contribution in [0.5, 0.6) is 11.6 Å². The third-order valence-corrected chi connectivity index (χ3v) is 3.13. The van der Waals surface area contributed by atoms with Gasteiger partial charge in [0, 0.05) is 12.7 Å². The zero-order valence-corrected chi connectivity index (χ0v) is 12.3. The van der Waals surface area contributed by atoms with Crippen LogP contribution < -0.4 is 10.1 Å². The van der Waals surface area contributed by atoms with E-state index in [1.165, 1.54) is 12.1 Å². The van der Waals surface area contributed by atoms with Crippen molar-refractivity contribution in [2.75, 3.05) is 6.54 Å². The molecule has 1 aromatic heterocycles. The summed E-state index contributed by atoms with van der Waals surface area (Å²) in [6, 6.07) is 6.23. The number of benzene rings is 1. The minimum Gasteiger partial charge on any atom is -0.434 e. The highest BCUT2D eigenvalue weighted by molar-refractivity contribution is 6.32. The Balaban J connectivity index is 2.19. The summed E-state index contributed by atoms with van der Waals surface area (Å²) in [5.41, 5.74) is 0.927. The number of halogens is 3. The van der Waals surface area contributed by atoms with Crippen molar-refractivity contribution >= 4 is 23.2 Å². The Hall–Kier alpha value is -1.36. The second-order valence-electron chi connectivity index (χ2n) is 4.06. The van der Waals surface area contributed by atoms with Gasteiger partial charge in [-0.25, -0.2) is 9.37 Å². The van der Waals surface area contributed by atoms with Gasteiger partial charge in [-0.1, -0.05) is 36.2 Å². The van der Waals surface area contributed by atoms with Gasteiger partial charge in [-0.3, -0.25) is 0 Å². The molecule has 0 spiro atoms. The maximum Gasteiger partial charge on any atom is 0.238 e. The summed E-state index contributed by atoms with van der Waals surface area (Å²) in [6.45, 7) is 3.52. The first kappa shape index (κ1) is 15.0. The molecule has 1 N–H and O–H groups in total. The molecule has 106 valence electrons. The summed E-state index contributed by atoms with van der Waals surface area (Å²) in [5, 5.41) is 3.47. The fourth-order valence-electron chi connectivity index (χ4n) is 1.57. The van der Waals surface area contributed by atoms with Gasteiger partial charge in [0.1, 0.15) is 5.02 Å². The number of nitrogens with one attached hydrogen (secondary N) is 1. The molecule has 0 saturated heterocycles. The van der Waals surface area contributed by atoms with Crippen molar-refractivity contribution in [1.29, 1.82) is 0 Å². The fourth-order valence-corrected chi connectivity index (χ4v) is 1.97. The fraction of sp³-hybridized carbons (Fsp3) is 0.214. The minimum atomic E-state index is -0.635. The summed E-state index contributed by atoms with van der Waals surface area (Å²) in [6.07, 6.45) is 1.63. The van der Waals surface area contributed by atoms with Gasteiger partial charge in [0.15, 0.2) is 11.6 Å². The highest BCUT2D eigenvalue weighted by atomic mass is 35.5. The molecule has 2 rings (SSSR count). The Kier molecular flexibility index (Phi) is 5.17. The smallest absolute Gasteiger partial charge is 0.238 e. The topological polar surface area (TPSA) is 34.2 Å². The zero-order chi connectivity index (χ0) is 14.5. The molecule has 1 heterocycles. The van der Waals surface area contributed by atoms with E-state index in [1.54, 1.807) is 18.3 Å². The molecule has 0 aliphatic heterocycles. The second-order valence-corrected chi connectivity index (χ2v) is 4.88. The number of ether oxygens (including phenoxy) is 1. The van der Waals surface area contributed by atoms with Crippen LogP contribution in [-0.2, 0) is 6.54 Å². The van der Waals surface area contributed by atoms with Crippen LogP contribution >= 0.6 is 23.2 Å². The van der Waals surface area contributed by atoms with E-state index in [1.807, 2.05) is 6.92 Å². The zero-order valence-electron chi connectivity index (χ0n) is 10.8. The molecular weight excluding hydrogens is 302 g/mol. The van der Waals surface area contributed by atoms with E-state index in [-0.39, 0.29) is 16.7 Å². The van der Waals surface area contributed by atoms with Crippen LogP contribution in [0.1, 0.15) is 12.5 Å². The molecule has 1 aromatic carbocycles. The van der Waals surface area contributed by atoms with Crippen LogP contribution in [-0.4, -0.2) is 11.5 Å². The summed E-state index contributed by atoms with van der Waals surface area (Å²) < 4.78 is 19.1. The van der Waals surface area contributed by atoms with Crippen molar-refractivity contribution in [2.24, 2.45) is 0 Å². The molecule has 0 bridgehead atoms. The normalized spacial score (nSPS) is 10.6. The minimum absolute atomic E-state index is 0.00802. The lowest BCUT2D eigenvalue weighted by Crippen LogP contribution is -2.11. The average molecular weight is 315 g/mol. The molecule has 0 aliphatic carbocycles. The molecule has 6 heteroatoms. The van der Waals surface area contributed by atoms with Crippen molar-refractivity contribution in [3.63, 3.8) is 0 Å². The predicted octanol–water partition coefficient (Wildman–Crippen LogP) is 4.43. The Morgan fingerprint density at radius 2 is 2.10 bits per heavy atom. The number of aromatic nitrogens is 1. The van der Waals surface area contributed by atoms with Crippen LogP contribution in [0.4, 0.5) is 4.39 Å². The lowest BCUT2D eigenvalue weighted by atomic mass is 10.3. The number of rotatable bonds is 5. The second kappa shape index (κ2) is 6.88. The molecule has 0 amide bonds. The van der Waals surface area contributed by atoms with Gasteiger partial charge in [0.2, 0.25) is 5.88 Å². The van der Waals surface area contributed by atoms with Gasteiger partial charge >= 0.3 is 0 Å². The Morgan fingerprint density at radius 3 is 2.80 bits per heavy atom. The maximum atomic E-state index is 13.7. The SMILES string of the molecule is CCNCc1cnc(Oc2cccc(Cl)c2F)c(Cl)c1. The quantitative estimate of drug-likeness (QED) is 0.886. The highest BCUT2D eigenvalue weighted by Gasteiger charge is 2.12. The first-order valence-corrected chi connectivity index (χ1v) is 6.84. The van der Waals surface area contributed by atoms with Crippen molar-refractivity contribution < 1.29 is 9.13 Å². The molecule has 0 radical (unpaired) electrons. The van der Waals surface area contributed by atoms with Crippen molar-refractivity contribution in [1.82, 2.24) is 10.3 Å². The molecule has 0 atom stereocenters. The predicted molar refractivity (Wildman–Crippen MR) is 78.1 cm³/mol. The summed E-state index contributed by atoms with van der Waals surface area (Å²) in [7, 11) is 0. The van der Waals surface area contributed by atoms with Gasteiger partial charge in [-0.15, -0.1) is 0 Å². The van der Waals surface area contributed by atoms with Crippen LogP contribution in [0, 0.1) is 5.82 Å². The van der Waals surface area contributed by atoms with Gasteiger partial charge in [-0.05, 0) is 30.3 Å². The van der Waals surface area contributed by atoms with E-state index in [0.29, 0.717) is 11.6 Å². The third kappa shape index (κ3) is 3.60. The van der Waals surface area contributed by atoms with Crippen molar-refractivity contribution in [3.05, 3.63) is 51.9 Å². The van der Waals surface area contributed by atoms with Crippen molar-refractivity contribution in [2.45, 2.75) is 13.5 Å². The molecule has 3 nitrogen and oxygen atoms in total. The molecule has 0 unspecified atom stereocenters. The van der Waals surface area contributed by atoms with Gasteiger partial charge in [0.25, 0.3) is 0 Å². The van der Waals surface area contributed by atoms with E-state index in [9.17, 15) is 4.39 Å². The maximum absolute atomic E-state index is 13.7. The van der Waals surface area contributed by atoms with Crippen LogP contribution in [0.3, 0.4) is 0 Å². The molecule has 0 aliphatic rings. The van der Waals surface area contributed by atoms with Gasteiger partial charge in [-0.2, -0.15) is 0 Å². The largest absolute Gasteiger partial charge is 0.434 e. The summed E-state index contributed by atoms with van der Waals surface area (Å²) >= 11 is 11.8. The third-order valence-electron chi connectivity index (χ3n) is 2.57. The highest BCUT2D eigenvalue weighted by Crippen LogP contribution is 2.31. The van der Waals surface area contributed by atoms with Crippen molar-refractivity contribution in [3.8, 4) is 11.6 Å². The molecule has 20 heavy (non-hydrogen) atoms. The van der Waals surface area contributed by atoms with Gasteiger partial charge in [0.05, 0.1) is 5.02 Å². The van der Waals surface area contributed by atoms with E-state index >= 15 is 0 Å². The van der Waals surface area contributed by atoms with E-state index in [2.05, 4.69) is 10.3 Å². The van der Waals surface area contributed by atoms with E-state index in [4.69, 9.17) is 27.9 Å². The van der Waals surface area contributed by atoms with E-state index < -0.39 is 5.82 Å². The first-order valence-electron chi connectivity index (χ1n) is 6.08. The monoisotopic (exact) mass is 314 g/mol. The summed E-state index contributed by atoms with van der Waals surface area (Å²) in [5.74, 6) is -0.497. The number of pyridine rings is 1. The van der Waals surface area contributed by atoms with Gasteiger partial charge < -0.3 is 10.1 Å². The molecule has 0 fully saturated rings. The van der Waals surface area contributed by atoms with E-state index in [0.717, 1.165) is 12.1 Å². The lowest BCUT2D eigenvalue weighted by Gasteiger charge is -2.09. The Bertz CT molecular complexity index is 608. The lowest BCUT2D eigenvalue weighted by molar-refractivity contribution is 0.427. The summed E-state index contributed by atoms with van der Waals surface area (Å²) in [4.78, 5) is 4.09. The molecule has 2 aromatic rings. The number of hydrogen-bond acceptors (Lipinski definition) is 3. The molecular formula is C14H13Cl2FN2O. The Labute approximate surface area is 126 Å². The number of nitrogens with zero attached hydrogens (tertiary/aromatic N) is 1. The van der Waals surface area contributed by atoms with Crippen LogP contribution in [0.25, 0.3) is 0 Å².